The first kappa shape index (κ1) is 11.1. The van der Waals surface area contributed by atoms with E-state index in [4.69, 9.17) is 4.74 Å². The van der Waals surface area contributed by atoms with E-state index in [1.165, 1.54) is 0 Å². The monoisotopic (exact) mass is 319 g/mol. The van der Waals surface area contributed by atoms with Gasteiger partial charge in [-0.05, 0) is 6.92 Å². The SMILES string of the molecule is C[C@H]1COCCN1c1cc(CI)ncn1. The normalized spacial score (nSPS) is 21.7. The Hall–Kier alpha value is -0.430. The molecular weight excluding hydrogens is 305 g/mol. The van der Waals surface area contributed by atoms with Gasteiger partial charge in [0.05, 0.1) is 24.9 Å². The summed E-state index contributed by atoms with van der Waals surface area (Å²) in [6.45, 7) is 4.64. The fourth-order valence-electron chi connectivity index (χ4n) is 1.68. The molecule has 1 aromatic rings. The summed E-state index contributed by atoms with van der Waals surface area (Å²) in [5.41, 5.74) is 1.08. The number of hydrogen-bond acceptors (Lipinski definition) is 4. The highest BCUT2D eigenvalue weighted by Gasteiger charge is 2.20. The molecule has 5 heteroatoms. The Balaban J connectivity index is 2.19. The number of hydrogen-bond donors (Lipinski definition) is 0. The molecule has 1 atom stereocenters. The van der Waals surface area contributed by atoms with Gasteiger partial charge < -0.3 is 9.64 Å². The van der Waals surface area contributed by atoms with E-state index in [-0.39, 0.29) is 0 Å². The van der Waals surface area contributed by atoms with E-state index in [0.717, 1.165) is 35.7 Å². The van der Waals surface area contributed by atoms with E-state index in [9.17, 15) is 0 Å². The molecule has 1 aliphatic heterocycles. The summed E-state index contributed by atoms with van der Waals surface area (Å²) in [4.78, 5) is 10.8. The molecule has 0 aliphatic carbocycles. The molecule has 0 radical (unpaired) electrons. The zero-order chi connectivity index (χ0) is 10.7. The first-order chi connectivity index (χ1) is 7.31. The molecule has 1 saturated heterocycles. The maximum Gasteiger partial charge on any atom is 0.132 e. The Bertz CT molecular complexity index is 334. The molecule has 0 N–H and O–H groups in total. The molecule has 82 valence electrons. The van der Waals surface area contributed by atoms with Crippen LogP contribution >= 0.6 is 22.6 Å². The van der Waals surface area contributed by atoms with Crippen molar-refractivity contribution in [3.63, 3.8) is 0 Å². The summed E-state index contributed by atoms with van der Waals surface area (Å²) in [5, 5.41) is 0. The summed E-state index contributed by atoms with van der Waals surface area (Å²) in [5.74, 6) is 1.02. The predicted octanol–water partition coefficient (Wildman–Crippen LogP) is 1.64. The molecule has 0 saturated carbocycles. The maximum atomic E-state index is 5.40. The van der Waals surface area contributed by atoms with E-state index in [1.807, 2.05) is 0 Å². The van der Waals surface area contributed by atoms with E-state index in [1.54, 1.807) is 6.33 Å². The summed E-state index contributed by atoms with van der Waals surface area (Å²) in [7, 11) is 0. The highest BCUT2D eigenvalue weighted by atomic mass is 127. The lowest BCUT2D eigenvalue weighted by Gasteiger charge is -2.34. The van der Waals surface area contributed by atoms with E-state index < -0.39 is 0 Å². The number of morpholine rings is 1. The van der Waals surface area contributed by atoms with Crippen LogP contribution in [0, 0.1) is 0 Å². The second-order valence-corrected chi connectivity index (χ2v) is 4.38. The van der Waals surface area contributed by atoms with Gasteiger partial charge in [0.1, 0.15) is 12.1 Å². The second-order valence-electron chi connectivity index (χ2n) is 3.62. The third kappa shape index (κ3) is 2.57. The Labute approximate surface area is 103 Å². The Kier molecular flexibility index (Phi) is 3.74. The lowest BCUT2D eigenvalue weighted by atomic mass is 10.2. The van der Waals surface area contributed by atoms with Gasteiger partial charge in [-0.15, -0.1) is 0 Å². The summed E-state index contributed by atoms with van der Waals surface area (Å²) < 4.78 is 6.33. The van der Waals surface area contributed by atoms with Crippen LogP contribution in [-0.4, -0.2) is 35.8 Å². The average molecular weight is 319 g/mol. The van der Waals surface area contributed by atoms with Crippen LogP contribution in [0.15, 0.2) is 12.4 Å². The fraction of sp³-hybridized carbons (Fsp3) is 0.600. The molecule has 0 bridgehead atoms. The molecule has 1 fully saturated rings. The molecule has 0 unspecified atom stereocenters. The van der Waals surface area contributed by atoms with Gasteiger partial charge in [-0.25, -0.2) is 9.97 Å². The summed E-state index contributed by atoms with van der Waals surface area (Å²) in [6, 6.07) is 2.46. The van der Waals surface area contributed by atoms with Crippen molar-refractivity contribution in [3.05, 3.63) is 18.1 Å². The van der Waals surface area contributed by atoms with Crippen LogP contribution in [0.3, 0.4) is 0 Å². The molecule has 1 aliphatic rings. The molecule has 0 spiro atoms. The van der Waals surface area contributed by atoms with E-state index in [2.05, 4.69) is 50.4 Å². The topological polar surface area (TPSA) is 38.2 Å². The number of anilines is 1. The van der Waals surface area contributed by atoms with Crippen molar-refractivity contribution in [1.29, 1.82) is 0 Å². The van der Waals surface area contributed by atoms with Crippen molar-refractivity contribution in [3.8, 4) is 0 Å². The number of nitrogens with zero attached hydrogens (tertiary/aromatic N) is 3. The summed E-state index contributed by atoms with van der Waals surface area (Å²) in [6.07, 6.45) is 1.64. The standard InChI is InChI=1S/C10H14IN3O/c1-8-6-15-3-2-14(8)10-4-9(5-11)12-7-13-10/h4,7-8H,2-3,5-6H2,1H3/t8-/m0/s1. The van der Waals surface area contributed by atoms with Gasteiger partial charge in [-0.3, -0.25) is 0 Å². The fourth-order valence-corrected chi connectivity index (χ4v) is 2.10. The number of halogens is 1. The van der Waals surface area contributed by atoms with Crippen LogP contribution in [0.5, 0.6) is 0 Å². The van der Waals surface area contributed by atoms with Crippen molar-refractivity contribution in [1.82, 2.24) is 9.97 Å². The molecule has 2 rings (SSSR count). The van der Waals surface area contributed by atoms with Crippen LogP contribution in [-0.2, 0) is 9.16 Å². The van der Waals surface area contributed by atoms with Crippen molar-refractivity contribution in [2.75, 3.05) is 24.7 Å². The first-order valence-corrected chi connectivity index (χ1v) is 6.55. The second kappa shape index (κ2) is 5.07. The van der Waals surface area contributed by atoms with Crippen LogP contribution in [0.25, 0.3) is 0 Å². The van der Waals surface area contributed by atoms with Crippen molar-refractivity contribution >= 4 is 28.4 Å². The average Bonchev–Trinajstić information content (AvgIpc) is 2.30. The highest BCUT2D eigenvalue weighted by Crippen LogP contribution is 2.17. The minimum atomic E-state index is 0.399. The van der Waals surface area contributed by atoms with Gasteiger partial charge >= 0.3 is 0 Å². The molecule has 0 aromatic carbocycles. The highest BCUT2D eigenvalue weighted by molar-refractivity contribution is 14.1. The number of ether oxygens (including phenoxy) is 1. The molecule has 0 amide bonds. The molecule has 1 aromatic heterocycles. The number of alkyl halides is 1. The Morgan fingerprint density at radius 3 is 3.20 bits per heavy atom. The van der Waals surface area contributed by atoms with Crippen LogP contribution in [0.1, 0.15) is 12.6 Å². The van der Waals surface area contributed by atoms with Crippen LogP contribution < -0.4 is 4.90 Å². The van der Waals surface area contributed by atoms with Crippen molar-refractivity contribution in [2.45, 2.75) is 17.4 Å². The Morgan fingerprint density at radius 1 is 1.60 bits per heavy atom. The Morgan fingerprint density at radius 2 is 2.47 bits per heavy atom. The third-order valence-corrected chi connectivity index (χ3v) is 3.29. The third-order valence-electron chi connectivity index (χ3n) is 2.51. The lowest BCUT2D eigenvalue weighted by molar-refractivity contribution is 0.0985. The minimum Gasteiger partial charge on any atom is -0.377 e. The van der Waals surface area contributed by atoms with Gasteiger partial charge in [0, 0.05) is 17.0 Å². The lowest BCUT2D eigenvalue weighted by Crippen LogP contribution is -2.44. The van der Waals surface area contributed by atoms with Gasteiger partial charge in [0.2, 0.25) is 0 Å². The largest absolute Gasteiger partial charge is 0.377 e. The number of rotatable bonds is 2. The van der Waals surface area contributed by atoms with Gasteiger partial charge in [-0.2, -0.15) is 0 Å². The van der Waals surface area contributed by atoms with E-state index in [0.29, 0.717) is 6.04 Å². The first-order valence-electron chi connectivity index (χ1n) is 5.02. The van der Waals surface area contributed by atoms with Gasteiger partial charge in [0.15, 0.2) is 0 Å². The minimum absolute atomic E-state index is 0.399. The molecular formula is C10H14IN3O. The quantitative estimate of drug-likeness (QED) is 0.614. The smallest absolute Gasteiger partial charge is 0.132 e. The summed E-state index contributed by atoms with van der Waals surface area (Å²) >= 11 is 2.31. The zero-order valence-corrected chi connectivity index (χ0v) is 10.8. The predicted molar refractivity (Wildman–Crippen MR) is 67.4 cm³/mol. The molecule has 4 nitrogen and oxygen atoms in total. The van der Waals surface area contributed by atoms with Crippen molar-refractivity contribution < 1.29 is 4.74 Å². The molecule has 15 heavy (non-hydrogen) atoms. The van der Waals surface area contributed by atoms with Gasteiger partial charge in [-0.1, -0.05) is 22.6 Å². The van der Waals surface area contributed by atoms with Gasteiger partial charge in [0.25, 0.3) is 0 Å². The van der Waals surface area contributed by atoms with E-state index >= 15 is 0 Å². The van der Waals surface area contributed by atoms with Crippen LogP contribution in [0.2, 0.25) is 0 Å². The number of aromatic nitrogens is 2. The maximum absolute atomic E-state index is 5.40. The zero-order valence-electron chi connectivity index (χ0n) is 8.69. The van der Waals surface area contributed by atoms with Crippen molar-refractivity contribution in [2.24, 2.45) is 0 Å². The molecule has 2 heterocycles. The van der Waals surface area contributed by atoms with Crippen LogP contribution in [0.4, 0.5) is 5.82 Å².